The number of aryl methyl sites for hydroxylation is 2. The highest BCUT2D eigenvalue weighted by Crippen LogP contribution is 3.02. The molecule has 0 saturated carbocycles. The highest BCUT2D eigenvalue weighted by atomic mass is 32.5. The zero-order valence-electron chi connectivity index (χ0n) is 20.8. The van der Waals surface area contributed by atoms with Crippen molar-refractivity contribution in [3.05, 3.63) is 95.6 Å². The zero-order chi connectivity index (χ0) is 29.1. The fourth-order valence-corrected chi connectivity index (χ4v) is 4.94. The van der Waals surface area contributed by atoms with Gasteiger partial charge in [-0.2, -0.15) is 5.10 Å². The molecule has 3 heterocycles. The minimum absolute atomic E-state index is 0.0461. The molecule has 0 bridgehead atoms. The summed E-state index contributed by atoms with van der Waals surface area (Å²) in [5.74, 6) is -3.08. The van der Waals surface area contributed by atoms with Crippen LogP contribution >= 0.6 is 10.2 Å². The van der Waals surface area contributed by atoms with Gasteiger partial charge < -0.3 is 10.4 Å². The molecule has 2 N–H and O–H groups in total. The van der Waals surface area contributed by atoms with Gasteiger partial charge in [-0.15, -0.1) is 0 Å². The molecular formula is C26H20F5N5O3S. The molecule has 0 atom stereocenters. The lowest BCUT2D eigenvalue weighted by atomic mass is 10.1. The van der Waals surface area contributed by atoms with E-state index in [1.54, 1.807) is 59.0 Å². The highest BCUT2D eigenvalue weighted by Gasteiger charge is 2.65. The highest BCUT2D eigenvalue weighted by molar-refractivity contribution is 8.45. The number of amides is 1. The maximum absolute atomic E-state index is 13.5. The fraction of sp³-hybridized carbons (Fsp3) is 0.0769. The third-order valence-corrected chi connectivity index (χ3v) is 7.32. The van der Waals surface area contributed by atoms with Gasteiger partial charge in [-0.1, -0.05) is 25.5 Å². The quantitative estimate of drug-likeness (QED) is 0.205. The number of fused-ring (bicyclic) bond motifs is 1. The van der Waals surface area contributed by atoms with Gasteiger partial charge in [0.2, 0.25) is 0 Å². The molecule has 14 heteroatoms. The first-order chi connectivity index (χ1) is 18.5. The minimum atomic E-state index is -10.3. The predicted molar refractivity (Wildman–Crippen MR) is 140 cm³/mol. The Morgan fingerprint density at radius 3 is 2.30 bits per heavy atom. The SMILES string of the molecule is Cc1cc(C)c(-n2ccn3nc(-c4cccnc4)cc23)cc1NC(=O)c1cc(C(=O)O)cc(S(F)(F)(F)(F)F)c1. The Labute approximate surface area is 223 Å². The first-order valence-corrected chi connectivity index (χ1v) is 13.5. The van der Waals surface area contributed by atoms with E-state index in [9.17, 15) is 34.1 Å². The lowest BCUT2D eigenvalue weighted by Crippen LogP contribution is -2.16. The summed E-state index contributed by atoms with van der Waals surface area (Å²) >= 11 is 0. The predicted octanol–water partition coefficient (Wildman–Crippen LogP) is 7.41. The molecule has 0 spiro atoms. The van der Waals surface area contributed by atoms with Crippen LogP contribution in [0.3, 0.4) is 0 Å². The van der Waals surface area contributed by atoms with Crippen LogP contribution in [-0.2, 0) is 0 Å². The molecule has 8 nitrogen and oxygen atoms in total. The molecule has 2 aromatic carbocycles. The van der Waals surface area contributed by atoms with E-state index in [0.717, 1.165) is 11.1 Å². The summed E-state index contributed by atoms with van der Waals surface area (Å²) in [4.78, 5) is 25.9. The minimum Gasteiger partial charge on any atom is -0.478 e. The van der Waals surface area contributed by atoms with Crippen LogP contribution in [0, 0.1) is 13.8 Å². The number of hydrogen-bond donors (Lipinski definition) is 2. The van der Waals surface area contributed by atoms with Gasteiger partial charge in [0.25, 0.3) is 5.91 Å². The van der Waals surface area contributed by atoms with Crippen LogP contribution in [0.4, 0.5) is 25.1 Å². The van der Waals surface area contributed by atoms with Crippen molar-refractivity contribution in [1.29, 1.82) is 0 Å². The molecule has 0 saturated heterocycles. The van der Waals surface area contributed by atoms with Crippen LogP contribution < -0.4 is 5.32 Å². The number of carbonyl (C=O) groups excluding carboxylic acids is 1. The summed E-state index contributed by atoms with van der Waals surface area (Å²) in [6.45, 7) is 3.46. The number of carboxylic acids is 1. The number of aromatic carboxylic acids is 1. The maximum Gasteiger partial charge on any atom is 0.335 e. The summed E-state index contributed by atoms with van der Waals surface area (Å²) in [6, 6.07) is 9.14. The Balaban J connectivity index is 1.54. The van der Waals surface area contributed by atoms with E-state index in [2.05, 4.69) is 15.4 Å². The van der Waals surface area contributed by atoms with Crippen molar-refractivity contribution >= 4 is 33.4 Å². The molecule has 0 aliphatic carbocycles. The van der Waals surface area contributed by atoms with E-state index in [1.165, 1.54) is 0 Å². The largest absolute Gasteiger partial charge is 0.478 e. The fourth-order valence-electron chi connectivity index (χ4n) is 4.25. The Kier molecular flexibility index (Phi) is 5.63. The van der Waals surface area contributed by atoms with Gasteiger partial charge in [0, 0.05) is 47.7 Å². The average molecular weight is 578 g/mol. The van der Waals surface area contributed by atoms with Crippen LogP contribution in [0.5, 0.6) is 0 Å². The summed E-state index contributed by atoms with van der Waals surface area (Å²) in [7, 11) is -10.3. The lowest BCUT2D eigenvalue weighted by Gasteiger charge is -2.40. The van der Waals surface area contributed by atoms with Crippen LogP contribution in [0.25, 0.3) is 22.6 Å². The van der Waals surface area contributed by atoms with Crippen molar-refractivity contribution in [2.45, 2.75) is 18.7 Å². The van der Waals surface area contributed by atoms with Crippen molar-refractivity contribution in [3.63, 3.8) is 0 Å². The molecule has 0 aliphatic heterocycles. The summed E-state index contributed by atoms with van der Waals surface area (Å²) in [5.41, 5.74) is 2.23. The number of nitrogens with one attached hydrogen (secondary N) is 1. The first kappa shape index (κ1) is 26.9. The third kappa shape index (κ3) is 5.12. The number of imidazole rings is 1. The van der Waals surface area contributed by atoms with E-state index in [4.69, 9.17) is 0 Å². The van der Waals surface area contributed by atoms with Gasteiger partial charge in [0.05, 0.1) is 16.9 Å². The van der Waals surface area contributed by atoms with E-state index >= 15 is 0 Å². The number of anilines is 1. The molecule has 5 rings (SSSR count). The number of benzene rings is 2. The van der Waals surface area contributed by atoms with E-state index in [0.29, 0.717) is 28.7 Å². The van der Waals surface area contributed by atoms with Gasteiger partial charge in [0.15, 0.2) is 0 Å². The smallest absolute Gasteiger partial charge is 0.335 e. The van der Waals surface area contributed by atoms with E-state index in [1.807, 2.05) is 19.1 Å². The number of aromatic nitrogens is 4. The third-order valence-electron chi connectivity index (χ3n) is 6.19. The second kappa shape index (κ2) is 8.39. The normalized spacial score (nSPS) is 13.6. The van der Waals surface area contributed by atoms with Crippen molar-refractivity contribution in [2.24, 2.45) is 0 Å². The van der Waals surface area contributed by atoms with Crippen LogP contribution in [-0.4, -0.2) is 36.1 Å². The van der Waals surface area contributed by atoms with Gasteiger partial charge in [-0.25, -0.2) is 9.31 Å². The van der Waals surface area contributed by atoms with Gasteiger partial charge in [-0.3, -0.25) is 14.3 Å². The molecule has 208 valence electrons. The summed E-state index contributed by atoms with van der Waals surface area (Å²) in [5, 5.41) is 16.1. The molecule has 5 aromatic rings. The number of pyridine rings is 1. The van der Waals surface area contributed by atoms with Crippen molar-refractivity contribution in [3.8, 4) is 16.9 Å². The molecule has 1 amide bonds. The summed E-state index contributed by atoms with van der Waals surface area (Å²) < 4.78 is 70.8. The van der Waals surface area contributed by atoms with E-state index < -0.39 is 38.1 Å². The molecule has 0 unspecified atom stereocenters. The standard InChI is InChI=1S/C26H20F5N5O3S/c1-15-8-16(2)23(35-6-7-36-24(35)13-22(34-36)17-4-3-5-32-14-17)12-21(15)33-25(37)18-9-19(26(38)39)11-20(10-18)40(27,28,29,30)31/h3-14H,1-2H3,(H,33,37)(H,38,39). The van der Waals surface area contributed by atoms with E-state index in [-0.39, 0.29) is 17.8 Å². The zero-order valence-corrected chi connectivity index (χ0v) is 21.6. The molecule has 0 radical (unpaired) electrons. The Morgan fingerprint density at radius 2 is 1.65 bits per heavy atom. The average Bonchev–Trinajstić information content (AvgIpc) is 3.46. The Morgan fingerprint density at radius 1 is 0.925 bits per heavy atom. The maximum atomic E-state index is 13.5. The van der Waals surface area contributed by atoms with Crippen LogP contribution in [0.1, 0.15) is 31.8 Å². The monoisotopic (exact) mass is 577 g/mol. The molecule has 3 aromatic heterocycles. The second-order valence-electron chi connectivity index (χ2n) is 9.17. The Bertz CT molecular complexity index is 1830. The number of halogens is 5. The number of carbonyl (C=O) groups is 2. The molecule has 0 fully saturated rings. The Hall–Kier alpha value is -4.72. The lowest BCUT2D eigenvalue weighted by molar-refractivity contribution is 0.0696. The number of carboxylic acid groups (broad SMARTS) is 1. The topological polar surface area (TPSA) is 102 Å². The second-order valence-corrected chi connectivity index (χ2v) is 11.6. The van der Waals surface area contributed by atoms with Crippen LogP contribution in [0.2, 0.25) is 0 Å². The van der Waals surface area contributed by atoms with Crippen molar-refractivity contribution < 1.29 is 34.1 Å². The van der Waals surface area contributed by atoms with Crippen LogP contribution in [0.15, 0.2) is 78.2 Å². The number of nitrogens with zero attached hydrogens (tertiary/aromatic N) is 4. The van der Waals surface area contributed by atoms with Gasteiger partial charge in [0.1, 0.15) is 10.5 Å². The van der Waals surface area contributed by atoms with Gasteiger partial charge in [-0.05, 0) is 61.4 Å². The van der Waals surface area contributed by atoms with Crippen molar-refractivity contribution in [1.82, 2.24) is 19.2 Å². The van der Waals surface area contributed by atoms with Gasteiger partial charge >= 0.3 is 16.2 Å². The number of hydrogen-bond acceptors (Lipinski definition) is 4. The summed E-state index contributed by atoms with van der Waals surface area (Å²) in [6.07, 6.45) is 6.75. The molecule has 0 aliphatic rings. The molecular weight excluding hydrogens is 557 g/mol. The van der Waals surface area contributed by atoms with Crippen molar-refractivity contribution in [2.75, 3.05) is 5.32 Å². The first-order valence-electron chi connectivity index (χ1n) is 11.5. The number of rotatable bonds is 6. The molecule has 40 heavy (non-hydrogen) atoms.